The molecule has 5 nitrogen and oxygen atoms in total. The van der Waals surface area contributed by atoms with Gasteiger partial charge in [0.2, 0.25) is 0 Å². The highest BCUT2D eigenvalue weighted by molar-refractivity contribution is 5.79. The number of nitrogens with zero attached hydrogens (tertiary/aromatic N) is 1. The summed E-state index contributed by atoms with van der Waals surface area (Å²) in [6, 6.07) is 7.52. The molecule has 0 spiro atoms. The number of methoxy groups -OCH3 is 1. The van der Waals surface area contributed by atoms with Gasteiger partial charge in [0.1, 0.15) is 18.1 Å². The van der Waals surface area contributed by atoms with Gasteiger partial charge in [-0.15, -0.1) is 0 Å². The second-order valence-corrected chi connectivity index (χ2v) is 3.55. The average Bonchev–Trinajstić information content (AvgIpc) is 2.43. The Labute approximate surface area is 108 Å². The Hall–Kier alpha value is -1.91. The van der Waals surface area contributed by atoms with Crippen LogP contribution in [0.3, 0.4) is 0 Å². The van der Waals surface area contributed by atoms with E-state index < -0.39 is 0 Å². The van der Waals surface area contributed by atoms with E-state index >= 15 is 0 Å². The fraction of sp³-hybridized carbons (Fsp3) is 0.462. The van der Waals surface area contributed by atoms with E-state index in [-0.39, 0.29) is 0 Å². The van der Waals surface area contributed by atoms with Crippen LogP contribution in [0.4, 0.5) is 0 Å². The molecule has 1 rings (SSSR count). The maximum Gasteiger partial charge on any atom is 0.191 e. The molecule has 0 aliphatic carbocycles. The normalized spacial score (nSPS) is 10.9. The van der Waals surface area contributed by atoms with E-state index in [0.717, 1.165) is 24.0 Å². The van der Waals surface area contributed by atoms with Crippen molar-refractivity contribution < 1.29 is 9.47 Å². The molecule has 1 aromatic carbocycles. The molecule has 0 bridgehead atoms. The zero-order chi connectivity index (χ0) is 13.2. The lowest BCUT2D eigenvalue weighted by molar-refractivity contribution is 0.321. The minimum atomic E-state index is 0.580. The van der Waals surface area contributed by atoms with Gasteiger partial charge < -0.3 is 20.1 Å². The summed E-state index contributed by atoms with van der Waals surface area (Å²) in [5.74, 6) is 2.44. The Morgan fingerprint density at radius 3 is 2.39 bits per heavy atom. The molecular weight excluding hydrogens is 230 g/mol. The number of guanidine groups is 1. The quantitative estimate of drug-likeness (QED) is 0.454. The van der Waals surface area contributed by atoms with Crippen LogP contribution in [0.5, 0.6) is 11.5 Å². The van der Waals surface area contributed by atoms with Crippen LogP contribution in [0.2, 0.25) is 0 Å². The van der Waals surface area contributed by atoms with Crippen LogP contribution in [0.15, 0.2) is 29.3 Å². The van der Waals surface area contributed by atoms with Crippen LogP contribution >= 0.6 is 0 Å². The molecule has 0 atom stereocenters. The summed E-state index contributed by atoms with van der Waals surface area (Å²) < 4.78 is 10.7. The summed E-state index contributed by atoms with van der Waals surface area (Å²) in [5, 5.41) is 6.27. The smallest absolute Gasteiger partial charge is 0.191 e. The highest BCUT2D eigenvalue weighted by atomic mass is 16.5. The van der Waals surface area contributed by atoms with E-state index in [0.29, 0.717) is 13.2 Å². The van der Waals surface area contributed by atoms with Crippen molar-refractivity contribution in [2.24, 2.45) is 4.99 Å². The minimum absolute atomic E-state index is 0.580. The molecule has 0 aromatic heterocycles. The third-order valence-corrected chi connectivity index (χ3v) is 2.29. The Bertz CT molecular complexity index is 363. The second-order valence-electron chi connectivity index (χ2n) is 3.55. The average molecular weight is 251 g/mol. The molecule has 18 heavy (non-hydrogen) atoms. The molecule has 0 aliphatic rings. The van der Waals surface area contributed by atoms with Crippen molar-refractivity contribution in [2.75, 3.05) is 33.9 Å². The molecule has 2 N–H and O–H groups in total. The lowest BCUT2D eigenvalue weighted by Crippen LogP contribution is -2.39. The van der Waals surface area contributed by atoms with E-state index in [1.807, 2.05) is 31.2 Å². The van der Waals surface area contributed by atoms with E-state index in [2.05, 4.69) is 15.6 Å². The molecule has 0 amide bonds. The molecular formula is C13H21N3O2. The van der Waals surface area contributed by atoms with Gasteiger partial charge in [-0.3, -0.25) is 4.99 Å². The van der Waals surface area contributed by atoms with Crippen LogP contribution in [-0.2, 0) is 0 Å². The molecule has 0 fully saturated rings. The van der Waals surface area contributed by atoms with Gasteiger partial charge >= 0.3 is 0 Å². The first-order valence-corrected chi connectivity index (χ1v) is 6.01. The molecule has 0 unspecified atom stereocenters. The number of nitrogens with one attached hydrogen (secondary N) is 2. The van der Waals surface area contributed by atoms with Gasteiger partial charge in [-0.2, -0.15) is 0 Å². The van der Waals surface area contributed by atoms with Crippen molar-refractivity contribution in [3.8, 4) is 11.5 Å². The van der Waals surface area contributed by atoms with Crippen molar-refractivity contribution in [1.29, 1.82) is 0 Å². The fourth-order valence-electron chi connectivity index (χ4n) is 1.40. The van der Waals surface area contributed by atoms with Crippen molar-refractivity contribution >= 4 is 5.96 Å². The lowest BCUT2D eigenvalue weighted by Gasteiger charge is -2.11. The number of hydrogen-bond donors (Lipinski definition) is 2. The molecule has 5 heteroatoms. The third kappa shape index (κ3) is 4.95. The van der Waals surface area contributed by atoms with Crippen molar-refractivity contribution in [1.82, 2.24) is 10.6 Å². The summed E-state index contributed by atoms with van der Waals surface area (Å²) in [5.41, 5.74) is 0. The SMILES string of the molecule is CCNC(=NC)NCCOc1ccc(OC)cc1. The van der Waals surface area contributed by atoms with Crippen molar-refractivity contribution in [2.45, 2.75) is 6.92 Å². The van der Waals surface area contributed by atoms with Crippen LogP contribution in [0.1, 0.15) is 6.92 Å². The Morgan fingerprint density at radius 1 is 1.17 bits per heavy atom. The Kier molecular flexibility index (Phi) is 6.46. The topological polar surface area (TPSA) is 54.9 Å². The molecule has 1 aromatic rings. The van der Waals surface area contributed by atoms with Crippen molar-refractivity contribution in [3.05, 3.63) is 24.3 Å². The van der Waals surface area contributed by atoms with Gasteiger partial charge in [-0.25, -0.2) is 0 Å². The Balaban J connectivity index is 2.24. The molecule has 0 saturated heterocycles. The first-order valence-electron chi connectivity index (χ1n) is 6.01. The highest BCUT2D eigenvalue weighted by Gasteiger charge is 1.96. The summed E-state index contributed by atoms with van der Waals surface area (Å²) in [4.78, 5) is 4.07. The second kappa shape index (κ2) is 8.22. The van der Waals surface area contributed by atoms with Gasteiger partial charge in [0, 0.05) is 13.6 Å². The predicted octanol–water partition coefficient (Wildman–Crippen LogP) is 1.26. The van der Waals surface area contributed by atoms with Crippen LogP contribution < -0.4 is 20.1 Å². The number of rotatable bonds is 6. The zero-order valence-corrected chi connectivity index (χ0v) is 11.2. The third-order valence-electron chi connectivity index (χ3n) is 2.29. The molecule has 0 radical (unpaired) electrons. The molecule has 0 saturated carbocycles. The monoisotopic (exact) mass is 251 g/mol. The van der Waals surface area contributed by atoms with Crippen LogP contribution in [0.25, 0.3) is 0 Å². The van der Waals surface area contributed by atoms with Gasteiger partial charge in [0.25, 0.3) is 0 Å². The Morgan fingerprint density at radius 2 is 1.83 bits per heavy atom. The first-order chi connectivity index (χ1) is 8.80. The number of aliphatic imine (C=N–C) groups is 1. The minimum Gasteiger partial charge on any atom is -0.497 e. The largest absolute Gasteiger partial charge is 0.497 e. The van der Waals surface area contributed by atoms with E-state index in [9.17, 15) is 0 Å². The van der Waals surface area contributed by atoms with Gasteiger partial charge in [0.15, 0.2) is 5.96 Å². The van der Waals surface area contributed by atoms with E-state index in [4.69, 9.17) is 9.47 Å². The van der Waals surface area contributed by atoms with Gasteiger partial charge in [-0.05, 0) is 31.2 Å². The number of benzene rings is 1. The number of hydrogen-bond acceptors (Lipinski definition) is 3. The summed E-state index contributed by atoms with van der Waals surface area (Å²) >= 11 is 0. The maximum absolute atomic E-state index is 5.58. The molecule has 100 valence electrons. The fourth-order valence-corrected chi connectivity index (χ4v) is 1.40. The van der Waals surface area contributed by atoms with Gasteiger partial charge in [-0.1, -0.05) is 0 Å². The van der Waals surface area contributed by atoms with E-state index in [1.54, 1.807) is 14.2 Å². The summed E-state index contributed by atoms with van der Waals surface area (Å²) in [6.07, 6.45) is 0. The van der Waals surface area contributed by atoms with Crippen LogP contribution in [-0.4, -0.2) is 39.8 Å². The first kappa shape index (κ1) is 14.2. The number of ether oxygens (including phenoxy) is 2. The molecule has 0 heterocycles. The van der Waals surface area contributed by atoms with Crippen LogP contribution in [0, 0.1) is 0 Å². The summed E-state index contributed by atoms with van der Waals surface area (Å²) in [7, 11) is 3.39. The van der Waals surface area contributed by atoms with E-state index in [1.165, 1.54) is 0 Å². The highest BCUT2D eigenvalue weighted by Crippen LogP contribution is 2.16. The maximum atomic E-state index is 5.58. The lowest BCUT2D eigenvalue weighted by atomic mass is 10.3. The zero-order valence-electron chi connectivity index (χ0n) is 11.2. The molecule has 0 aliphatic heterocycles. The summed E-state index contributed by atoms with van der Waals surface area (Å²) in [6.45, 7) is 4.15. The standard InChI is InChI=1S/C13H21N3O2/c1-4-15-13(14-2)16-9-10-18-12-7-5-11(17-3)6-8-12/h5-8H,4,9-10H2,1-3H3,(H2,14,15,16). The predicted molar refractivity (Wildman–Crippen MR) is 73.5 cm³/mol. The van der Waals surface area contributed by atoms with Crippen molar-refractivity contribution in [3.63, 3.8) is 0 Å². The van der Waals surface area contributed by atoms with Gasteiger partial charge in [0.05, 0.1) is 13.7 Å².